The average Bonchev–Trinajstić information content (AvgIpc) is 2.83. The monoisotopic (exact) mass is 360 g/mol. The van der Waals surface area contributed by atoms with Gasteiger partial charge in [-0.2, -0.15) is 0 Å². The van der Waals surface area contributed by atoms with Crippen LogP contribution in [0.5, 0.6) is 0 Å². The molecule has 3 aromatic carbocycles. The number of hydrogen-bond donors (Lipinski definition) is 0. The molecule has 0 fully saturated rings. The summed E-state index contributed by atoms with van der Waals surface area (Å²) in [6.45, 7) is 2.61. The zero-order valence-electron chi connectivity index (χ0n) is 15.0. The largest absolute Gasteiger partial charge is 0.365 e. The number of fused-ring (bicyclic) bond motifs is 1. The first-order valence-electron chi connectivity index (χ1n) is 9.12. The quantitative estimate of drug-likeness (QED) is 0.684. The molecule has 27 heavy (non-hydrogen) atoms. The van der Waals surface area contributed by atoms with Crippen molar-refractivity contribution in [1.82, 2.24) is 4.90 Å². The number of amides is 1. The van der Waals surface area contributed by atoms with Crippen molar-refractivity contribution in [2.45, 2.75) is 13.1 Å². The molecule has 0 atom stereocenters. The highest BCUT2D eigenvalue weighted by atomic mass is 19.1. The third-order valence-electron chi connectivity index (χ3n) is 4.91. The average molecular weight is 360 g/mol. The van der Waals surface area contributed by atoms with Crippen molar-refractivity contribution in [3.63, 3.8) is 0 Å². The van der Waals surface area contributed by atoms with Gasteiger partial charge in [0.25, 0.3) is 5.91 Å². The second-order valence-electron chi connectivity index (χ2n) is 6.78. The maximum atomic E-state index is 13.2. The fourth-order valence-electron chi connectivity index (χ4n) is 3.49. The molecule has 136 valence electrons. The summed E-state index contributed by atoms with van der Waals surface area (Å²) in [7, 11) is 0. The SMILES string of the molecule is O=C1c2ccccc2N(Cc2ccccc2)CCN1Cc1ccc(F)cc1. The number of carbonyl (C=O) groups excluding carboxylic acids is 1. The molecule has 1 amide bonds. The van der Waals surface area contributed by atoms with Crippen molar-refractivity contribution < 1.29 is 9.18 Å². The summed E-state index contributed by atoms with van der Waals surface area (Å²) in [5, 5.41) is 0. The zero-order valence-corrected chi connectivity index (χ0v) is 15.0. The number of rotatable bonds is 4. The Morgan fingerprint density at radius 1 is 0.704 bits per heavy atom. The second kappa shape index (κ2) is 7.62. The number of anilines is 1. The Labute approximate surface area is 158 Å². The molecule has 0 spiro atoms. The van der Waals surface area contributed by atoms with Gasteiger partial charge in [0.2, 0.25) is 0 Å². The summed E-state index contributed by atoms with van der Waals surface area (Å²) in [5.74, 6) is -0.245. The molecule has 0 N–H and O–H groups in total. The van der Waals surface area contributed by atoms with E-state index in [1.807, 2.05) is 47.4 Å². The van der Waals surface area contributed by atoms with Gasteiger partial charge < -0.3 is 9.80 Å². The van der Waals surface area contributed by atoms with Gasteiger partial charge in [0, 0.05) is 31.9 Å². The summed E-state index contributed by atoms with van der Waals surface area (Å²) in [6, 6.07) is 24.4. The van der Waals surface area contributed by atoms with Crippen LogP contribution in [-0.4, -0.2) is 23.9 Å². The van der Waals surface area contributed by atoms with Crippen LogP contribution in [0.4, 0.5) is 10.1 Å². The molecule has 0 aliphatic carbocycles. The number of carbonyl (C=O) groups is 1. The van der Waals surface area contributed by atoms with Crippen LogP contribution < -0.4 is 4.90 Å². The van der Waals surface area contributed by atoms with E-state index in [2.05, 4.69) is 17.0 Å². The molecule has 1 heterocycles. The number of hydrogen-bond acceptors (Lipinski definition) is 2. The molecular weight excluding hydrogens is 339 g/mol. The maximum Gasteiger partial charge on any atom is 0.256 e. The van der Waals surface area contributed by atoms with E-state index >= 15 is 0 Å². The van der Waals surface area contributed by atoms with E-state index in [1.165, 1.54) is 17.7 Å². The Morgan fingerprint density at radius 3 is 2.07 bits per heavy atom. The van der Waals surface area contributed by atoms with Gasteiger partial charge >= 0.3 is 0 Å². The number of nitrogens with zero attached hydrogens (tertiary/aromatic N) is 2. The van der Waals surface area contributed by atoms with Crippen LogP contribution in [-0.2, 0) is 13.1 Å². The van der Waals surface area contributed by atoms with Crippen LogP contribution in [0.3, 0.4) is 0 Å². The highest BCUT2D eigenvalue weighted by Gasteiger charge is 2.26. The highest BCUT2D eigenvalue weighted by molar-refractivity contribution is 6.00. The van der Waals surface area contributed by atoms with Crippen molar-refractivity contribution in [3.8, 4) is 0 Å². The third kappa shape index (κ3) is 3.85. The van der Waals surface area contributed by atoms with Gasteiger partial charge in [-0.15, -0.1) is 0 Å². The molecule has 0 aromatic heterocycles. The fraction of sp³-hybridized carbons (Fsp3) is 0.174. The standard InChI is InChI=1S/C23H21FN2O/c24-20-12-10-19(11-13-20)17-26-15-14-25(16-18-6-2-1-3-7-18)22-9-5-4-8-21(22)23(26)27/h1-13H,14-17H2. The number of para-hydroxylation sites is 1. The van der Waals surface area contributed by atoms with Crippen LogP contribution >= 0.6 is 0 Å². The minimum atomic E-state index is -0.264. The van der Waals surface area contributed by atoms with E-state index in [0.717, 1.165) is 24.3 Å². The van der Waals surface area contributed by atoms with E-state index in [1.54, 1.807) is 12.1 Å². The van der Waals surface area contributed by atoms with Crippen LogP contribution in [0.25, 0.3) is 0 Å². The lowest BCUT2D eigenvalue weighted by molar-refractivity contribution is 0.0754. The Balaban J connectivity index is 1.61. The molecule has 0 unspecified atom stereocenters. The first kappa shape index (κ1) is 17.3. The van der Waals surface area contributed by atoms with Gasteiger partial charge in [-0.1, -0.05) is 54.6 Å². The maximum absolute atomic E-state index is 13.2. The molecule has 0 bridgehead atoms. The topological polar surface area (TPSA) is 23.6 Å². The summed E-state index contributed by atoms with van der Waals surface area (Å²) in [6.07, 6.45) is 0. The summed E-state index contributed by atoms with van der Waals surface area (Å²) >= 11 is 0. The van der Waals surface area contributed by atoms with Crippen LogP contribution in [0.1, 0.15) is 21.5 Å². The van der Waals surface area contributed by atoms with Crippen LogP contribution in [0.15, 0.2) is 78.9 Å². The van der Waals surface area contributed by atoms with Crippen molar-refractivity contribution in [2.75, 3.05) is 18.0 Å². The van der Waals surface area contributed by atoms with Gasteiger partial charge in [-0.05, 0) is 35.4 Å². The Morgan fingerprint density at radius 2 is 1.30 bits per heavy atom. The van der Waals surface area contributed by atoms with Crippen molar-refractivity contribution in [1.29, 1.82) is 0 Å². The molecule has 0 saturated heterocycles. The first-order valence-corrected chi connectivity index (χ1v) is 9.12. The lowest BCUT2D eigenvalue weighted by Gasteiger charge is -2.25. The highest BCUT2D eigenvalue weighted by Crippen LogP contribution is 2.27. The lowest BCUT2D eigenvalue weighted by atomic mass is 10.1. The molecule has 3 aromatic rings. The second-order valence-corrected chi connectivity index (χ2v) is 6.78. The van der Waals surface area contributed by atoms with Crippen LogP contribution in [0, 0.1) is 5.82 Å². The van der Waals surface area contributed by atoms with Crippen molar-refractivity contribution in [3.05, 3.63) is 101 Å². The van der Waals surface area contributed by atoms with E-state index < -0.39 is 0 Å². The van der Waals surface area contributed by atoms with Gasteiger partial charge in [-0.3, -0.25) is 4.79 Å². The summed E-state index contributed by atoms with van der Waals surface area (Å²) < 4.78 is 13.2. The van der Waals surface area contributed by atoms with E-state index in [-0.39, 0.29) is 11.7 Å². The molecule has 4 heteroatoms. The predicted molar refractivity (Wildman–Crippen MR) is 105 cm³/mol. The smallest absolute Gasteiger partial charge is 0.256 e. The molecule has 1 aliphatic rings. The van der Waals surface area contributed by atoms with E-state index in [4.69, 9.17) is 0 Å². The van der Waals surface area contributed by atoms with Gasteiger partial charge in [0.15, 0.2) is 0 Å². The van der Waals surface area contributed by atoms with Crippen molar-refractivity contribution >= 4 is 11.6 Å². The Hall–Kier alpha value is -3.14. The fourth-order valence-corrected chi connectivity index (χ4v) is 3.49. The Kier molecular flexibility index (Phi) is 4.88. The number of halogens is 1. The van der Waals surface area contributed by atoms with Gasteiger partial charge in [0.1, 0.15) is 5.82 Å². The summed E-state index contributed by atoms with van der Waals surface area (Å²) in [5.41, 5.74) is 3.83. The van der Waals surface area contributed by atoms with Gasteiger partial charge in [0.05, 0.1) is 5.56 Å². The Bertz CT molecular complexity index is 925. The minimum absolute atomic E-state index is 0.0190. The molecular formula is C23H21FN2O. The number of benzene rings is 3. The minimum Gasteiger partial charge on any atom is -0.365 e. The van der Waals surface area contributed by atoms with Gasteiger partial charge in [-0.25, -0.2) is 4.39 Å². The lowest BCUT2D eigenvalue weighted by Crippen LogP contribution is -2.34. The molecule has 1 aliphatic heterocycles. The third-order valence-corrected chi connectivity index (χ3v) is 4.91. The van der Waals surface area contributed by atoms with Crippen LogP contribution in [0.2, 0.25) is 0 Å². The molecule has 3 nitrogen and oxygen atoms in total. The summed E-state index contributed by atoms with van der Waals surface area (Å²) in [4.78, 5) is 17.2. The molecule has 4 rings (SSSR count). The normalized spacial score (nSPS) is 14.0. The predicted octanol–water partition coefficient (Wildman–Crippen LogP) is 4.49. The zero-order chi connectivity index (χ0) is 18.6. The molecule has 0 saturated carbocycles. The molecule has 0 radical (unpaired) electrons. The van der Waals surface area contributed by atoms with E-state index in [0.29, 0.717) is 18.7 Å². The first-order chi connectivity index (χ1) is 13.2. The van der Waals surface area contributed by atoms with E-state index in [9.17, 15) is 9.18 Å². The van der Waals surface area contributed by atoms with Crippen molar-refractivity contribution in [2.24, 2.45) is 0 Å².